The Morgan fingerprint density at radius 2 is 2.10 bits per heavy atom. The number of amides is 1. The molecule has 1 unspecified atom stereocenters. The van der Waals surface area contributed by atoms with Crippen LogP contribution in [0.5, 0.6) is 0 Å². The van der Waals surface area contributed by atoms with Crippen LogP contribution in [0.3, 0.4) is 0 Å². The van der Waals surface area contributed by atoms with Crippen molar-refractivity contribution >= 4 is 41.5 Å². The first-order valence-electron chi connectivity index (χ1n) is 10.0. The van der Waals surface area contributed by atoms with E-state index in [4.69, 9.17) is 0 Å². The Morgan fingerprint density at radius 3 is 2.72 bits per heavy atom. The van der Waals surface area contributed by atoms with Crippen molar-refractivity contribution in [2.24, 2.45) is 10.4 Å². The van der Waals surface area contributed by atoms with Crippen molar-refractivity contribution in [2.45, 2.75) is 46.6 Å². The van der Waals surface area contributed by atoms with Crippen molar-refractivity contribution in [3.8, 4) is 0 Å². The maximum Gasteiger partial charge on any atom is 0.227 e. The van der Waals surface area contributed by atoms with Crippen LogP contribution in [-0.4, -0.2) is 51.1 Å². The Kier molecular flexibility index (Phi) is 10.2. The third-order valence-corrected chi connectivity index (χ3v) is 5.08. The van der Waals surface area contributed by atoms with Crippen LogP contribution in [-0.2, 0) is 4.79 Å². The Morgan fingerprint density at radius 1 is 1.38 bits per heavy atom. The smallest absolute Gasteiger partial charge is 0.227 e. The van der Waals surface area contributed by atoms with Crippen LogP contribution in [0.4, 0.5) is 10.1 Å². The van der Waals surface area contributed by atoms with E-state index in [1.807, 2.05) is 33.8 Å². The van der Waals surface area contributed by atoms with E-state index in [1.165, 1.54) is 6.07 Å². The molecule has 1 aliphatic rings. The second-order valence-electron chi connectivity index (χ2n) is 8.02. The number of hydrogen-bond acceptors (Lipinski definition) is 3. The average molecular weight is 519 g/mol. The number of halogens is 2. The van der Waals surface area contributed by atoms with E-state index in [2.05, 4.69) is 25.8 Å². The molecule has 0 radical (unpaired) electrons. The molecule has 164 valence electrons. The van der Waals surface area contributed by atoms with Gasteiger partial charge in [0.15, 0.2) is 5.96 Å². The van der Waals surface area contributed by atoms with Gasteiger partial charge >= 0.3 is 0 Å². The number of anilines is 1. The maximum absolute atomic E-state index is 13.4. The monoisotopic (exact) mass is 519 g/mol. The lowest BCUT2D eigenvalue weighted by Crippen LogP contribution is -2.51. The molecule has 0 aromatic heterocycles. The zero-order valence-corrected chi connectivity index (χ0v) is 20.5. The number of rotatable bonds is 6. The van der Waals surface area contributed by atoms with Crippen molar-refractivity contribution < 1.29 is 9.18 Å². The van der Waals surface area contributed by atoms with Crippen LogP contribution in [0, 0.1) is 18.2 Å². The summed E-state index contributed by atoms with van der Waals surface area (Å²) in [7, 11) is 1.64. The Bertz CT molecular complexity index is 710. The van der Waals surface area contributed by atoms with Crippen LogP contribution in [0.2, 0.25) is 0 Å². The van der Waals surface area contributed by atoms with Crippen LogP contribution >= 0.6 is 24.0 Å². The molecule has 0 aliphatic carbocycles. The van der Waals surface area contributed by atoms with E-state index in [9.17, 15) is 9.18 Å². The lowest BCUT2D eigenvalue weighted by molar-refractivity contribution is -0.128. The van der Waals surface area contributed by atoms with Gasteiger partial charge in [0.05, 0.1) is 12.0 Å². The number of carbonyl (C=O) groups excluding carboxylic acids is 1. The molecule has 1 aromatic carbocycles. The quantitative estimate of drug-likeness (QED) is 0.307. The number of hydrogen-bond donors (Lipinski definition) is 3. The maximum atomic E-state index is 13.4. The van der Waals surface area contributed by atoms with Crippen molar-refractivity contribution in [1.29, 1.82) is 0 Å². The van der Waals surface area contributed by atoms with E-state index >= 15 is 0 Å². The van der Waals surface area contributed by atoms with Gasteiger partial charge in [-0.25, -0.2) is 4.39 Å². The summed E-state index contributed by atoms with van der Waals surface area (Å²) in [5, 5.41) is 9.47. The zero-order chi connectivity index (χ0) is 20.7. The minimum Gasteiger partial charge on any atom is -0.369 e. The van der Waals surface area contributed by atoms with E-state index in [0.29, 0.717) is 6.54 Å². The molecular weight excluding hydrogens is 484 g/mol. The molecule has 1 aromatic rings. The number of nitrogens with zero attached hydrogens (tertiary/aromatic N) is 2. The van der Waals surface area contributed by atoms with E-state index < -0.39 is 5.41 Å². The number of carbonyl (C=O) groups is 1. The average Bonchev–Trinajstić information content (AvgIpc) is 2.66. The Labute approximate surface area is 191 Å². The fourth-order valence-electron chi connectivity index (χ4n) is 3.49. The molecule has 8 heteroatoms. The topological polar surface area (TPSA) is 68.8 Å². The number of aliphatic imine (C=N–C) groups is 1. The highest BCUT2D eigenvalue weighted by molar-refractivity contribution is 14.0. The first-order chi connectivity index (χ1) is 13.3. The summed E-state index contributed by atoms with van der Waals surface area (Å²) in [6.45, 7) is 10.7. The summed E-state index contributed by atoms with van der Waals surface area (Å²) in [5.74, 6) is 0.498. The summed E-state index contributed by atoms with van der Waals surface area (Å²) in [4.78, 5) is 18.9. The van der Waals surface area contributed by atoms with Crippen molar-refractivity contribution in [1.82, 2.24) is 16.0 Å². The Balaban J connectivity index is 0.00000420. The standard InChI is InChI=1S/C21H34FN5O.HI/c1-6-24-20(25-14-21(3,4)19(28)23-5)26-17-8-7-11-27(13-17)18-10-9-16(22)12-15(18)2;/h9-10,12,17H,6-8,11,13-14H2,1-5H3,(H,23,28)(H2,24,25,26);1H. The molecule has 0 spiro atoms. The second-order valence-corrected chi connectivity index (χ2v) is 8.02. The van der Waals surface area contributed by atoms with Gasteiger partial charge < -0.3 is 20.9 Å². The third-order valence-electron chi connectivity index (χ3n) is 5.08. The first kappa shape index (κ1) is 25.5. The molecule has 1 fully saturated rings. The molecule has 29 heavy (non-hydrogen) atoms. The third kappa shape index (κ3) is 7.31. The van der Waals surface area contributed by atoms with Gasteiger partial charge in [-0.15, -0.1) is 24.0 Å². The van der Waals surface area contributed by atoms with Crippen LogP contribution in [0.1, 0.15) is 39.2 Å². The predicted molar refractivity (Wildman–Crippen MR) is 129 cm³/mol. The first-order valence-corrected chi connectivity index (χ1v) is 10.0. The summed E-state index contributed by atoms with van der Waals surface area (Å²) in [5.41, 5.74) is 1.46. The minimum atomic E-state index is -0.569. The van der Waals surface area contributed by atoms with Gasteiger partial charge in [-0.2, -0.15) is 0 Å². The molecule has 2 rings (SSSR count). The number of nitrogens with one attached hydrogen (secondary N) is 3. The number of guanidine groups is 1. The van der Waals surface area contributed by atoms with Gasteiger partial charge in [-0.05, 0) is 64.3 Å². The molecule has 0 saturated carbocycles. The van der Waals surface area contributed by atoms with Gasteiger partial charge in [0.1, 0.15) is 5.82 Å². The van der Waals surface area contributed by atoms with Gasteiger partial charge in [0.25, 0.3) is 0 Å². The highest BCUT2D eigenvalue weighted by Gasteiger charge is 2.27. The van der Waals surface area contributed by atoms with Crippen LogP contribution in [0.15, 0.2) is 23.2 Å². The van der Waals surface area contributed by atoms with Crippen molar-refractivity contribution in [2.75, 3.05) is 38.1 Å². The molecule has 1 atom stereocenters. The van der Waals surface area contributed by atoms with E-state index in [-0.39, 0.29) is 41.7 Å². The molecule has 3 N–H and O–H groups in total. The second kappa shape index (κ2) is 11.6. The number of aryl methyl sites for hydroxylation is 1. The molecule has 1 amide bonds. The summed E-state index contributed by atoms with van der Waals surface area (Å²) < 4.78 is 13.4. The highest BCUT2D eigenvalue weighted by atomic mass is 127. The zero-order valence-electron chi connectivity index (χ0n) is 18.1. The lowest BCUT2D eigenvalue weighted by atomic mass is 9.93. The van der Waals surface area contributed by atoms with Crippen LogP contribution < -0.4 is 20.9 Å². The van der Waals surface area contributed by atoms with E-state index in [0.717, 1.165) is 49.7 Å². The van der Waals surface area contributed by atoms with Crippen molar-refractivity contribution in [3.63, 3.8) is 0 Å². The normalized spacial score (nSPS) is 17.4. The van der Waals surface area contributed by atoms with Gasteiger partial charge in [-0.3, -0.25) is 9.79 Å². The lowest BCUT2D eigenvalue weighted by Gasteiger charge is -2.36. The number of benzene rings is 1. The Hall–Kier alpha value is -1.58. The predicted octanol–water partition coefficient (Wildman–Crippen LogP) is 3.05. The molecule has 1 aliphatic heterocycles. The van der Waals surface area contributed by atoms with Gasteiger partial charge in [-0.1, -0.05) is 0 Å². The SMILES string of the molecule is CCNC(=NCC(C)(C)C(=O)NC)NC1CCCN(c2ccc(F)cc2C)C1.I. The fraction of sp³-hybridized carbons (Fsp3) is 0.619. The van der Waals surface area contributed by atoms with Gasteiger partial charge in [0.2, 0.25) is 5.91 Å². The van der Waals surface area contributed by atoms with E-state index in [1.54, 1.807) is 13.1 Å². The van der Waals surface area contributed by atoms with Crippen molar-refractivity contribution in [3.05, 3.63) is 29.6 Å². The summed E-state index contributed by atoms with van der Waals surface area (Å²) in [6, 6.07) is 5.20. The summed E-state index contributed by atoms with van der Waals surface area (Å²) >= 11 is 0. The van der Waals surface area contributed by atoms with Gasteiger partial charge in [0, 0.05) is 38.4 Å². The largest absolute Gasteiger partial charge is 0.369 e. The molecule has 0 bridgehead atoms. The summed E-state index contributed by atoms with van der Waals surface area (Å²) in [6.07, 6.45) is 2.09. The minimum absolute atomic E-state index is 0. The van der Waals surface area contributed by atoms with Crippen LogP contribution in [0.25, 0.3) is 0 Å². The molecular formula is C21H35FIN5O. The molecule has 1 heterocycles. The molecule has 6 nitrogen and oxygen atoms in total. The fourth-order valence-corrected chi connectivity index (χ4v) is 3.49. The highest BCUT2D eigenvalue weighted by Crippen LogP contribution is 2.24. The molecule has 1 saturated heterocycles. The number of piperidine rings is 1.